The molecule has 0 N–H and O–H groups in total. The Morgan fingerprint density at radius 2 is 1.12 bits per heavy atom. The first kappa shape index (κ1) is 19.1. The minimum absolute atomic E-state index is 0.341. The van der Waals surface area contributed by atoms with E-state index in [4.69, 9.17) is 9.47 Å². The lowest BCUT2D eigenvalue weighted by Crippen LogP contribution is -2.52. The van der Waals surface area contributed by atoms with Crippen molar-refractivity contribution in [2.75, 3.05) is 52.6 Å². The molecule has 0 aliphatic carbocycles. The van der Waals surface area contributed by atoms with Crippen LogP contribution in [0.5, 0.6) is 0 Å². The zero-order valence-corrected chi connectivity index (χ0v) is 16.7. The number of morpholine rings is 2. The van der Waals surface area contributed by atoms with Gasteiger partial charge in [-0.25, -0.2) is 0 Å². The summed E-state index contributed by atoms with van der Waals surface area (Å²) in [5.74, 6) is 0. The second-order valence-corrected chi connectivity index (χ2v) is 9.91. The molecule has 0 aromatic carbocycles. The number of allylic oxidation sites excluding steroid dienone is 2. The average Bonchev–Trinajstić information content (AvgIpc) is 3.04. The van der Waals surface area contributed by atoms with Gasteiger partial charge in [-0.05, 0) is 38.5 Å². The fourth-order valence-electron chi connectivity index (χ4n) is 5.27. The van der Waals surface area contributed by atoms with Crippen molar-refractivity contribution in [1.82, 2.24) is 9.80 Å². The maximum Gasteiger partial charge on any atom is 0.0594 e. The molecule has 4 rings (SSSR count). The molecule has 0 aromatic heterocycles. The molecule has 0 aromatic rings. The van der Waals surface area contributed by atoms with E-state index in [9.17, 15) is 4.21 Å². The molecule has 3 fully saturated rings. The van der Waals surface area contributed by atoms with Crippen molar-refractivity contribution >= 4 is 10.8 Å². The van der Waals surface area contributed by atoms with E-state index in [0.29, 0.717) is 22.6 Å². The molecule has 0 spiro atoms. The minimum atomic E-state index is -0.730. The third kappa shape index (κ3) is 4.25. The molecule has 0 radical (unpaired) electrons. The van der Waals surface area contributed by atoms with E-state index >= 15 is 0 Å². The van der Waals surface area contributed by atoms with Crippen LogP contribution in [0, 0.1) is 0 Å². The van der Waals surface area contributed by atoms with Crippen molar-refractivity contribution in [1.29, 1.82) is 0 Å². The largest absolute Gasteiger partial charge is 0.379 e. The van der Waals surface area contributed by atoms with Crippen LogP contribution < -0.4 is 0 Å². The number of ether oxygens (including phenoxy) is 2. The summed E-state index contributed by atoms with van der Waals surface area (Å²) < 4.78 is 24.7. The van der Waals surface area contributed by atoms with Crippen LogP contribution in [0.25, 0.3) is 0 Å². The van der Waals surface area contributed by atoms with E-state index < -0.39 is 10.8 Å². The first-order chi connectivity index (χ1) is 12.8. The lowest BCUT2D eigenvalue weighted by atomic mass is 9.96. The summed E-state index contributed by atoms with van der Waals surface area (Å²) >= 11 is 0. The fraction of sp³-hybridized carbons (Fsp3) is 0.900. The quantitative estimate of drug-likeness (QED) is 0.681. The first-order valence-electron chi connectivity index (χ1n) is 10.5. The van der Waals surface area contributed by atoms with Gasteiger partial charge in [-0.3, -0.25) is 14.0 Å². The second kappa shape index (κ2) is 9.28. The van der Waals surface area contributed by atoms with Gasteiger partial charge >= 0.3 is 0 Å². The lowest BCUT2D eigenvalue weighted by Gasteiger charge is -2.39. The second-order valence-electron chi connectivity index (χ2n) is 8.04. The van der Waals surface area contributed by atoms with E-state index in [-0.39, 0.29) is 0 Å². The predicted molar refractivity (Wildman–Crippen MR) is 105 cm³/mol. The lowest BCUT2D eigenvalue weighted by molar-refractivity contribution is 0.0133. The third-order valence-electron chi connectivity index (χ3n) is 6.65. The van der Waals surface area contributed by atoms with Crippen LogP contribution in [-0.2, 0) is 20.3 Å². The molecule has 4 atom stereocenters. The van der Waals surface area contributed by atoms with E-state index in [1.165, 1.54) is 0 Å². The number of rotatable bonds is 2. The van der Waals surface area contributed by atoms with Gasteiger partial charge in [0.1, 0.15) is 0 Å². The van der Waals surface area contributed by atoms with Gasteiger partial charge in [0.25, 0.3) is 0 Å². The molecule has 26 heavy (non-hydrogen) atoms. The zero-order chi connectivity index (χ0) is 17.8. The highest BCUT2D eigenvalue weighted by Crippen LogP contribution is 2.35. The standard InChI is InChI=1S/C20H34N2O3S/c23-26-19-7-8-20(26)18(22-11-15-25-16-12-22)6-4-2-1-3-5-17(19)21-9-13-24-14-10-21/h1-2,17-20H,3-16H2. The Labute approximate surface area is 160 Å². The summed E-state index contributed by atoms with van der Waals surface area (Å²) in [6, 6.07) is 0.913. The summed E-state index contributed by atoms with van der Waals surface area (Å²) in [5.41, 5.74) is 0. The van der Waals surface area contributed by atoms with Crippen LogP contribution in [0.1, 0.15) is 38.5 Å². The third-order valence-corrected chi connectivity index (χ3v) is 8.94. The highest BCUT2D eigenvalue weighted by Gasteiger charge is 2.44. The molecule has 2 bridgehead atoms. The Hall–Kier alpha value is -0.270. The van der Waals surface area contributed by atoms with Gasteiger partial charge < -0.3 is 9.47 Å². The molecule has 6 heteroatoms. The van der Waals surface area contributed by atoms with E-state index in [2.05, 4.69) is 22.0 Å². The monoisotopic (exact) mass is 382 g/mol. The van der Waals surface area contributed by atoms with Crippen molar-refractivity contribution in [3.8, 4) is 0 Å². The van der Waals surface area contributed by atoms with Gasteiger partial charge in [0.05, 0.1) is 36.9 Å². The van der Waals surface area contributed by atoms with E-state index in [1.54, 1.807) is 0 Å². The van der Waals surface area contributed by atoms with Gasteiger partial charge in [0.15, 0.2) is 0 Å². The summed E-state index contributed by atoms with van der Waals surface area (Å²) in [6.07, 6.45) is 11.5. The number of hydrogen-bond acceptors (Lipinski definition) is 5. The molecular formula is C20H34N2O3S. The van der Waals surface area contributed by atoms with Crippen molar-refractivity contribution < 1.29 is 13.7 Å². The fourth-order valence-corrected chi connectivity index (χ4v) is 7.70. The van der Waals surface area contributed by atoms with Crippen LogP contribution >= 0.6 is 0 Å². The molecule has 3 saturated heterocycles. The molecule has 0 saturated carbocycles. The van der Waals surface area contributed by atoms with Crippen LogP contribution in [0.4, 0.5) is 0 Å². The summed E-state index contributed by atoms with van der Waals surface area (Å²) in [5, 5.41) is 0.682. The maximum absolute atomic E-state index is 13.6. The van der Waals surface area contributed by atoms with Crippen molar-refractivity contribution in [3.05, 3.63) is 12.2 Å². The van der Waals surface area contributed by atoms with E-state index in [1.807, 2.05) is 0 Å². The smallest absolute Gasteiger partial charge is 0.0594 e. The topological polar surface area (TPSA) is 42.0 Å². The van der Waals surface area contributed by atoms with Gasteiger partial charge in [-0.15, -0.1) is 0 Å². The maximum atomic E-state index is 13.6. The normalized spacial score (nSPS) is 41.0. The Kier molecular flexibility index (Phi) is 6.81. The van der Waals surface area contributed by atoms with Gasteiger partial charge in [0.2, 0.25) is 0 Å². The summed E-state index contributed by atoms with van der Waals surface area (Å²) in [6.45, 7) is 7.30. The molecule has 0 amide bonds. The minimum Gasteiger partial charge on any atom is -0.379 e. The van der Waals surface area contributed by atoms with Crippen LogP contribution in [-0.4, -0.2) is 89.2 Å². The first-order valence-corrected chi connectivity index (χ1v) is 11.8. The van der Waals surface area contributed by atoms with Crippen LogP contribution in [0.15, 0.2) is 12.2 Å². The Morgan fingerprint density at radius 3 is 1.54 bits per heavy atom. The number of fused-ring (bicyclic) bond motifs is 2. The Morgan fingerprint density at radius 1 is 0.692 bits per heavy atom. The molecule has 4 aliphatic heterocycles. The Balaban J connectivity index is 1.53. The molecule has 5 nitrogen and oxygen atoms in total. The molecule has 4 unspecified atom stereocenters. The highest BCUT2D eigenvalue weighted by atomic mass is 32.2. The average molecular weight is 383 g/mol. The zero-order valence-electron chi connectivity index (χ0n) is 15.9. The van der Waals surface area contributed by atoms with Gasteiger partial charge in [-0.2, -0.15) is 0 Å². The van der Waals surface area contributed by atoms with Crippen LogP contribution in [0.3, 0.4) is 0 Å². The molecular weight excluding hydrogens is 348 g/mol. The summed E-state index contributed by atoms with van der Waals surface area (Å²) in [7, 11) is -0.730. The predicted octanol–water partition coefficient (Wildman–Crippen LogP) is 1.80. The number of nitrogens with zero attached hydrogens (tertiary/aromatic N) is 2. The van der Waals surface area contributed by atoms with Gasteiger partial charge in [-0.1, -0.05) is 12.2 Å². The molecule has 148 valence electrons. The van der Waals surface area contributed by atoms with Crippen molar-refractivity contribution in [2.45, 2.75) is 61.1 Å². The number of hydrogen-bond donors (Lipinski definition) is 0. The SMILES string of the molecule is O=S1C2CCC1C(N1CCOCC1)CCC=CCCC2N1CCOCC1. The summed E-state index contributed by atoms with van der Waals surface area (Å²) in [4.78, 5) is 5.15. The Bertz CT molecular complexity index is 461. The van der Waals surface area contributed by atoms with Gasteiger partial charge in [0, 0.05) is 49.1 Å². The molecule has 4 aliphatic rings. The van der Waals surface area contributed by atoms with E-state index in [0.717, 1.165) is 91.1 Å². The van der Waals surface area contributed by atoms with Crippen molar-refractivity contribution in [2.24, 2.45) is 0 Å². The highest BCUT2D eigenvalue weighted by molar-refractivity contribution is 7.86. The molecule has 4 heterocycles. The van der Waals surface area contributed by atoms with Crippen LogP contribution in [0.2, 0.25) is 0 Å². The van der Waals surface area contributed by atoms with Crippen molar-refractivity contribution in [3.63, 3.8) is 0 Å².